The third-order valence-electron chi connectivity index (χ3n) is 4.25. The Balaban J connectivity index is 2.28. The number of carbonyl (C=O) groups excluding carboxylic acids is 3. The van der Waals surface area contributed by atoms with E-state index < -0.39 is 12.0 Å². The molecule has 136 valence electrons. The van der Waals surface area contributed by atoms with Crippen molar-refractivity contribution in [1.82, 2.24) is 4.90 Å². The van der Waals surface area contributed by atoms with E-state index in [0.717, 1.165) is 10.0 Å². The SMILES string of the molecule is CCOC(=O)CCC(c1ccc(Br)cc1)N1C(=O)CCC1C(=O)OC. The number of benzene rings is 1. The van der Waals surface area contributed by atoms with Crippen molar-refractivity contribution < 1.29 is 23.9 Å². The number of likely N-dealkylation sites (tertiary alicyclic amines) is 1. The van der Waals surface area contributed by atoms with Gasteiger partial charge in [0, 0.05) is 17.3 Å². The van der Waals surface area contributed by atoms with E-state index in [2.05, 4.69) is 15.9 Å². The number of halogens is 1. The minimum absolute atomic E-state index is 0.104. The van der Waals surface area contributed by atoms with Crippen molar-refractivity contribution in [2.24, 2.45) is 0 Å². The molecular formula is C18H22BrNO5. The van der Waals surface area contributed by atoms with Gasteiger partial charge in [0.05, 0.1) is 19.8 Å². The van der Waals surface area contributed by atoms with Gasteiger partial charge in [-0.25, -0.2) is 4.79 Å². The molecule has 1 aromatic rings. The second-order valence-electron chi connectivity index (χ2n) is 5.79. The molecule has 0 N–H and O–H groups in total. The first-order valence-electron chi connectivity index (χ1n) is 8.28. The Labute approximate surface area is 155 Å². The molecule has 0 bridgehead atoms. The molecule has 2 rings (SSSR count). The fraction of sp³-hybridized carbons (Fsp3) is 0.500. The van der Waals surface area contributed by atoms with Gasteiger partial charge in [0.15, 0.2) is 0 Å². The number of amides is 1. The zero-order valence-corrected chi connectivity index (χ0v) is 16.0. The van der Waals surface area contributed by atoms with Gasteiger partial charge in [-0.15, -0.1) is 0 Å². The normalized spacial score (nSPS) is 18.1. The Hall–Kier alpha value is -1.89. The Morgan fingerprint density at radius 1 is 1.32 bits per heavy atom. The van der Waals surface area contributed by atoms with E-state index >= 15 is 0 Å². The van der Waals surface area contributed by atoms with Crippen molar-refractivity contribution in [2.45, 2.75) is 44.7 Å². The van der Waals surface area contributed by atoms with Gasteiger partial charge in [-0.1, -0.05) is 28.1 Å². The van der Waals surface area contributed by atoms with Gasteiger partial charge in [-0.2, -0.15) is 0 Å². The van der Waals surface area contributed by atoms with Crippen LogP contribution >= 0.6 is 15.9 Å². The van der Waals surface area contributed by atoms with Gasteiger partial charge in [0.2, 0.25) is 5.91 Å². The average Bonchev–Trinajstić information content (AvgIpc) is 2.98. The summed E-state index contributed by atoms with van der Waals surface area (Å²) in [5.74, 6) is -0.845. The first-order chi connectivity index (χ1) is 12.0. The fourth-order valence-corrected chi connectivity index (χ4v) is 3.36. The highest BCUT2D eigenvalue weighted by molar-refractivity contribution is 9.10. The topological polar surface area (TPSA) is 72.9 Å². The Morgan fingerprint density at radius 3 is 2.60 bits per heavy atom. The van der Waals surface area contributed by atoms with Gasteiger partial charge in [0.1, 0.15) is 6.04 Å². The van der Waals surface area contributed by atoms with Crippen molar-refractivity contribution in [3.63, 3.8) is 0 Å². The van der Waals surface area contributed by atoms with Gasteiger partial charge >= 0.3 is 11.9 Å². The quantitative estimate of drug-likeness (QED) is 0.644. The van der Waals surface area contributed by atoms with E-state index in [1.165, 1.54) is 7.11 Å². The number of carbonyl (C=O) groups is 3. The van der Waals surface area contributed by atoms with Gasteiger partial charge < -0.3 is 14.4 Å². The zero-order valence-electron chi connectivity index (χ0n) is 14.4. The van der Waals surface area contributed by atoms with Gasteiger partial charge in [-0.05, 0) is 37.5 Å². The van der Waals surface area contributed by atoms with Crippen LogP contribution in [0.1, 0.15) is 44.2 Å². The van der Waals surface area contributed by atoms with Crippen LogP contribution in [0.2, 0.25) is 0 Å². The molecule has 0 aliphatic carbocycles. The van der Waals surface area contributed by atoms with E-state index in [-0.39, 0.29) is 24.3 Å². The molecule has 2 unspecified atom stereocenters. The smallest absolute Gasteiger partial charge is 0.328 e. The van der Waals surface area contributed by atoms with Crippen LogP contribution in [0.25, 0.3) is 0 Å². The molecule has 1 aromatic carbocycles. The first-order valence-corrected chi connectivity index (χ1v) is 9.07. The predicted molar refractivity (Wildman–Crippen MR) is 94.6 cm³/mol. The third-order valence-corrected chi connectivity index (χ3v) is 4.78. The molecule has 7 heteroatoms. The number of hydrogen-bond donors (Lipinski definition) is 0. The monoisotopic (exact) mass is 411 g/mol. The molecule has 1 fully saturated rings. The van der Waals surface area contributed by atoms with E-state index in [1.807, 2.05) is 24.3 Å². The summed E-state index contributed by atoms with van der Waals surface area (Å²) in [5.41, 5.74) is 0.872. The van der Waals surface area contributed by atoms with Crippen LogP contribution in [0.3, 0.4) is 0 Å². The average molecular weight is 412 g/mol. The second kappa shape index (κ2) is 8.99. The van der Waals surface area contributed by atoms with Crippen LogP contribution in [-0.4, -0.2) is 42.5 Å². The maximum absolute atomic E-state index is 12.4. The van der Waals surface area contributed by atoms with E-state index in [1.54, 1.807) is 11.8 Å². The largest absolute Gasteiger partial charge is 0.467 e. The summed E-state index contributed by atoms with van der Waals surface area (Å²) in [7, 11) is 1.32. The van der Waals surface area contributed by atoms with Crippen LogP contribution in [0, 0.1) is 0 Å². The summed E-state index contributed by atoms with van der Waals surface area (Å²) in [6, 6.07) is 6.53. The number of nitrogens with zero attached hydrogens (tertiary/aromatic N) is 1. The summed E-state index contributed by atoms with van der Waals surface area (Å²) in [4.78, 5) is 37.9. The highest BCUT2D eigenvalue weighted by Gasteiger charge is 2.41. The Bertz CT molecular complexity index is 631. The molecule has 0 radical (unpaired) electrons. The summed E-state index contributed by atoms with van der Waals surface area (Å²) in [6.07, 6.45) is 1.29. The molecule has 25 heavy (non-hydrogen) atoms. The number of methoxy groups -OCH3 is 1. The highest BCUT2D eigenvalue weighted by Crippen LogP contribution is 2.34. The number of hydrogen-bond acceptors (Lipinski definition) is 5. The van der Waals surface area contributed by atoms with Crippen LogP contribution in [0.5, 0.6) is 0 Å². The van der Waals surface area contributed by atoms with Crippen molar-refractivity contribution in [3.8, 4) is 0 Å². The maximum Gasteiger partial charge on any atom is 0.328 e. The van der Waals surface area contributed by atoms with Crippen LogP contribution < -0.4 is 0 Å². The number of rotatable bonds is 7. The molecule has 1 aliphatic rings. The van der Waals surface area contributed by atoms with Crippen molar-refractivity contribution in [2.75, 3.05) is 13.7 Å². The lowest BCUT2D eigenvalue weighted by Crippen LogP contribution is -2.42. The highest BCUT2D eigenvalue weighted by atomic mass is 79.9. The third kappa shape index (κ3) is 4.81. The van der Waals surface area contributed by atoms with Crippen molar-refractivity contribution in [1.29, 1.82) is 0 Å². The molecule has 1 heterocycles. The summed E-state index contributed by atoms with van der Waals surface area (Å²) in [5, 5.41) is 0. The number of ether oxygens (including phenoxy) is 2. The molecule has 1 aliphatic heterocycles. The number of esters is 2. The minimum Gasteiger partial charge on any atom is -0.467 e. The molecule has 1 saturated heterocycles. The Morgan fingerprint density at radius 2 is 2.00 bits per heavy atom. The zero-order chi connectivity index (χ0) is 18.4. The van der Waals surface area contributed by atoms with Gasteiger partial charge in [0.25, 0.3) is 0 Å². The Kier molecular flexibility index (Phi) is 6.99. The molecule has 2 atom stereocenters. The molecule has 0 aromatic heterocycles. The lowest BCUT2D eigenvalue weighted by molar-refractivity contribution is -0.151. The van der Waals surface area contributed by atoms with Crippen LogP contribution in [-0.2, 0) is 23.9 Å². The fourth-order valence-electron chi connectivity index (χ4n) is 3.10. The summed E-state index contributed by atoms with van der Waals surface area (Å²) < 4.78 is 10.8. The van der Waals surface area contributed by atoms with Crippen LogP contribution in [0.4, 0.5) is 0 Å². The molecule has 6 nitrogen and oxygen atoms in total. The standard InChI is InChI=1S/C18H22BrNO5/c1-3-25-17(22)11-9-14(12-4-6-13(19)7-5-12)20-15(18(23)24-2)8-10-16(20)21/h4-7,14-15H,3,8-11H2,1-2H3. The van der Waals surface area contributed by atoms with E-state index in [0.29, 0.717) is 25.9 Å². The van der Waals surface area contributed by atoms with Crippen molar-refractivity contribution in [3.05, 3.63) is 34.3 Å². The summed E-state index contributed by atoms with van der Waals surface area (Å²) >= 11 is 3.39. The second-order valence-corrected chi connectivity index (χ2v) is 6.71. The molecule has 1 amide bonds. The molecule has 0 spiro atoms. The van der Waals surface area contributed by atoms with Crippen molar-refractivity contribution >= 4 is 33.8 Å². The lowest BCUT2D eigenvalue weighted by Gasteiger charge is -2.32. The maximum atomic E-state index is 12.4. The lowest BCUT2D eigenvalue weighted by atomic mass is 9.99. The first kappa shape index (κ1) is 19.4. The summed E-state index contributed by atoms with van der Waals surface area (Å²) in [6.45, 7) is 2.07. The van der Waals surface area contributed by atoms with E-state index in [9.17, 15) is 14.4 Å². The van der Waals surface area contributed by atoms with E-state index in [4.69, 9.17) is 9.47 Å². The minimum atomic E-state index is -0.617. The molecule has 0 saturated carbocycles. The predicted octanol–water partition coefficient (Wildman–Crippen LogP) is 3.00. The van der Waals surface area contributed by atoms with Crippen LogP contribution in [0.15, 0.2) is 28.7 Å². The molecular weight excluding hydrogens is 390 g/mol. The van der Waals surface area contributed by atoms with Gasteiger partial charge in [-0.3, -0.25) is 9.59 Å².